The van der Waals surface area contributed by atoms with Crippen LogP contribution in [0.3, 0.4) is 0 Å². The van der Waals surface area contributed by atoms with Gasteiger partial charge in [-0.3, -0.25) is 4.84 Å². The SMILES string of the molecule is COc1cc(C2CCC(c3cc(OC)c(OC)c(OC)c3)O2)cc(C/C=C/[N+](O)(Oc2ccccc2)C(=O)c2ccccc2)c1OCCSc1c(F)c(F)cc(F)c1F. The number of halogens is 4. The molecule has 0 radical (unpaired) electrons. The smallest absolute Gasteiger partial charge is 0.425 e. The van der Waals surface area contributed by atoms with Gasteiger partial charge in [-0.2, -0.15) is 5.21 Å². The molecule has 1 aliphatic heterocycles. The number of quaternary nitrogens is 1. The Bertz CT molecular complexity index is 2230. The number of amides is 1. The average molecular weight is 837 g/mol. The fourth-order valence-corrected chi connectivity index (χ4v) is 7.41. The molecule has 1 heterocycles. The average Bonchev–Trinajstić information content (AvgIpc) is 3.76. The van der Waals surface area contributed by atoms with Crippen LogP contribution >= 0.6 is 11.8 Å². The fourth-order valence-electron chi connectivity index (χ4n) is 6.59. The number of para-hydroxylation sites is 1. The molecule has 1 aliphatic rings. The topological polar surface area (TPSA) is 102 Å². The molecule has 3 atom stereocenters. The van der Waals surface area contributed by atoms with E-state index in [0.717, 1.165) is 11.1 Å². The van der Waals surface area contributed by atoms with Gasteiger partial charge in [0.1, 0.15) is 0 Å². The van der Waals surface area contributed by atoms with E-state index in [9.17, 15) is 27.6 Å². The highest BCUT2D eigenvalue weighted by Gasteiger charge is 2.39. The number of carbonyl (C=O) groups excluding carboxylic acids is 1. The van der Waals surface area contributed by atoms with Crippen LogP contribution in [0.1, 0.15) is 52.1 Å². The summed E-state index contributed by atoms with van der Waals surface area (Å²) in [6.45, 7) is -0.166. The van der Waals surface area contributed by atoms with E-state index in [4.69, 9.17) is 33.3 Å². The molecule has 0 saturated carbocycles. The van der Waals surface area contributed by atoms with Gasteiger partial charge in [-0.25, -0.2) is 22.4 Å². The van der Waals surface area contributed by atoms with E-state index >= 15 is 0 Å². The van der Waals surface area contributed by atoms with E-state index in [-0.39, 0.29) is 53.8 Å². The van der Waals surface area contributed by atoms with Crippen molar-refractivity contribution in [2.45, 2.75) is 36.4 Å². The van der Waals surface area contributed by atoms with Crippen molar-refractivity contribution in [3.8, 4) is 34.5 Å². The maximum absolute atomic E-state index is 14.4. The number of ether oxygens (including phenoxy) is 6. The molecule has 5 aromatic rings. The number of methoxy groups -OCH3 is 4. The highest BCUT2D eigenvalue weighted by molar-refractivity contribution is 7.99. The second-order valence-corrected chi connectivity index (χ2v) is 14.2. The van der Waals surface area contributed by atoms with Crippen LogP contribution in [0.4, 0.5) is 17.6 Å². The zero-order valence-corrected chi connectivity index (χ0v) is 33.4. The number of thioether (sulfide) groups is 1. The molecule has 0 spiro atoms. The van der Waals surface area contributed by atoms with E-state index in [0.29, 0.717) is 47.4 Å². The molecule has 1 fully saturated rings. The first kappa shape index (κ1) is 42.9. The van der Waals surface area contributed by atoms with Crippen LogP contribution in [0, 0.1) is 23.3 Å². The summed E-state index contributed by atoms with van der Waals surface area (Å²) in [6.07, 6.45) is 3.28. The van der Waals surface area contributed by atoms with E-state index in [1.54, 1.807) is 66.7 Å². The maximum atomic E-state index is 14.4. The molecule has 15 heteroatoms. The molecule has 3 unspecified atom stereocenters. The lowest BCUT2D eigenvalue weighted by atomic mass is 9.99. The number of hydrogen-bond acceptors (Lipinski definition) is 10. The summed E-state index contributed by atoms with van der Waals surface area (Å²) >= 11 is 0.548. The molecule has 1 N–H and O–H groups in total. The predicted molar refractivity (Wildman–Crippen MR) is 210 cm³/mol. The Morgan fingerprint density at radius 1 is 0.763 bits per heavy atom. The minimum absolute atomic E-state index is 0.0504. The van der Waals surface area contributed by atoms with Crippen LogP contribution in [0.25, 0.3) is 0 Å². The molecule has 1 amide bonds. The summed E-state index contributed by atoms with van der Waals surface area (Å²) in [5.74, 6) is -4.74. The van der Waals surface area contributed by atoms with Gasteiger partial charge in [0.15, 0.2) is 58.2 Å². The molecule has 5 aromatic carbocycles. The zero-order chi connectivity index (χ0) is 42.1. The van der Waals surface area contributed by atoms with Gasteiger partial charge in [-0.15, -0.1) is 11.8 Å². The number of hydroxylamine groups is 4. The van der Waals surface area contributed by atoms with Crippen LogP contribution in [0.15, 0.2) is 108 Å². The van der Waals surface area contributed by atoms with Crippen molar-refractivity contribution in [3.05, 3.63) is 149 Å². The van der Waals surface area contributed by atoms with Crippen LogP contribution in [0.2, 0.25) is 0 Å². The van der Waals surface area contributed by atoms with Gasteiger partial charge < -0.3 is 28.4 Å². The number of allylic oxidation sites excluding steroid dienone is 1. The molecule has 1 saturated heterocycles. The second kappa shape index (κ2) is 19.3. The largest absolute Gasteiger partial charge is 0.493 e. The van der Waals surface area contributed by atoms with Crippen molar-refractivity contribution in [2.75, 3.05) is 40.8 Å². The lowest BCUT2D eigenvalue weighted by Gasteiger charge is -2.22. The van der Waals surface area contributed by atoms with Gasteiger partial charge in [0.2, 0.25) is 5.75 Å². The van der Waals surface area contributed by atoms with Gasteiger partial charge in [-0.05, 0) is 85.0 Å². The van der Waals surface area contributed by atoms with Gasteiger partial charge in [0.05, 0.1) is 62.5 Å². The summed E-state index contributed by atoms with van der Waals surface area (Å²) in [7, 11) is 6.03. The maximum Gasteiger partial charge on any atom is 0.425 e. The van der Waals surface area contributed by atoms with E-state index in [2.05, 4.69) is 0 Å². The van der Waals surface area contributed by atoms with Crippen molar-refractivity contribution in [3.63, 3.8) is 0 Å². The molecular weight excluding hydrogens is 795 g/mol. The van der Waals surface area contributed by atoms with Crippen LogP contribution in [-0.4, -0.2) is 56.7 Å². The van der Waals surface area contributed by atoms with Gasteiger partial charge in [0.25, 0.3) is 0 Å². The first-order valence-electron chi connectivity index (χ1n) is 18.4. The number of benzene rings is 5. The first-order valence-corrected chi connectivity index (χ1v) is 19.4. The quantitative estimate of drug-likeness (QED) is 0.0185. The first-order chi connectivity index (χ1) is 28.5. The summed E-state index contributed by atoms with van der Waals surface area (Å²) in [5, 5.41) is 11.7. The molecule has 6 rings (SSSR count). The lowest BCUT2D eigenvalue weighted by Crippen LogP contribution is -2.48. The molecule has 0 aliphatic carbocycles. The molecule has 310 valence electrons. The number of carbonyl (C=O) groups is 1. The lowest BCUT2D eigenvalue weighted by molar-refractivity contribution is -1.13. The Kier molecular flexibility index (Phi) is 14.0. The molecule has 10 nitrogen and oxygen atoms in total. The third-order valence-electron chi connectivity index (χ3n) is 9.42. The molecular formula is C44H42F4NO9S+. The van der Waals surface area contributed by atoms with Gasteiger partial charge >= 0.3 is 5.91 Å². The molecule has 59 heavy (non-hydrogen) atoms. The number of hydrogen-bond donors (Lipinski definition) is 1. The summed E-state index contributed by atoms with van der Waals surface area (Å²) in [6, 6.07) is 23.9. The Morgan fingerprint density at radius 2 is 1.31 bits per heavy atom. The normalized spacial score (nSPS) is 16.1. The highest BCUT2D eigenvalue weighted by Crippen LogP contribution is 2.47. The number of rotatable bonds is 17. The van der Waals surface area contributed by atoms with Crippen LogP contribution in [-0.2, 0) is 11.2 Å². The summed E-state index contributed by atoms with van der Waals surface area (Å²) < 4.78 is 91.6. The Labute approximate surface area is 342 Å². The summed E-state index contributed by atoms with van der Waals surface area (Å²) in [5.41, 5.74) is 2.26. The Balaban J connectivity index is 1.31. The third kappa shape index (κ3) is 9.77. The van der Waals surface area contributed by atoms with Crippen LogP contribution in [0.5, 0.6) is 34.5 Å². The van der Waals surface area contributed by atoms with Crippen LogP contribution < -0.4 is 28.5 Å². The predicted octanol–water partition coefficient (Wildman–Crippen LogP) is 10.1. The number of nitrogens with zero attached hydrogens (tertiary/aromatic N) is 1. The Hall–Kier alpha value is -5.74. The van der Waals surface area contributed by atoms with Crippen molar-refractivity contribution < 1.29 is 65.6 Å². The fraction of sp³-hybridized carbons (Fsp3) is 0.250. The zero-order valence-electron chi connectivity index (χ0n) is 32.6. The summed E-state index contributed by atoms with van der Waals surface area (Å²) in [4.78, 5) is 17.2. The van der Waals surface area contributed by atoms with Crippen molar-refractivity contribution in [1.82, 2.24) is 0 Å². The minimum atomic E-state index is -1.57. The Morgan fingerprint density at radius 3 is 1.86 bits per heavy atom. The van der Waals surface area contributed by atoms with Crippen molar-refractivity contribution in [2.24, 2.45) is 0 Å². The van der Waals surface area contributed by atoms with E-state index in [1.165, 1.54) is 40.7 Å². The second-order valence-electron chi connectivity index (χ2n) is 13.1. The van der Waals surface area contributed by atoms with Crippen molar-refractivity contribution >= 4 is 17.7 Å². The van der Waals surface area contributed by atoms with E-state index in [1.807, 2.05) is 18.2 Å². The van der Waals surface area contributed by atoms with Crippen molar-refractivity contribution in [1.29, 1.82) is 0 Å². The third-order valence-corrected chi connectivity index (χ3v) is 10.4. The van der Waals surface area contributed by atoms with Gasteiger partial charge in [0, 0.05) is 17.4 Å². The molecule has 0 bridgehead atoms. The van der Waals surface area contributed by atoms with E-state index < -0.39 is 45.0 Å². The standard InChI is InChI=1S/C44H42F4NO9S/c1-52-36-23-29(34-17-18-35(57-34)30-24-37(53-2)42(55-4)38(25-30)54-3)22-28(41(36)56-20-21-59-43-39(47)32(45)26-33(46)40(43)48)14-11-19-49(51,58-31-15-9-6-10-16-31)44(50)27-12-7-5-8-13-27/h5-13,15-16,19,22-26,34-35,51H,14,17-18,20-21H2,1-4H3/q+1/b19-11+. The highest BCUT2D eigenvalue weighted by atomic mass is 32.2. The molecule has 0 aromatic heterocycles. The minimum Gasteiger partial charge on any atom is -0.493 e. The monoisotopic (exact) mass is 836 g/mol. The van der Waals surface area contributed by atoms with Gasteiger partial charge in [-0.1, -0.05) is 36.4 Å².